The average molecular weight is 289 g/mol. The van der Waals surface area contributed by atoms with Crippen LogP contribution in [0.2, 0.25) is 0 Å². The Balaban J connectivity index is 1.65. The van der Waals surface area contributed by atoms with Crippen molar-refractivity contribution in [3.8, 4) is 11.3 Å². The summed E-state index contributed by atoms with van der Waals surface area (Å²) in [6.45, 7) is 3.00. The highest BCUT2D eigenvalue weighted by Gasteiger charge is 2.22. The van der Waals surface area contributed by atoms with Gasteiger partial charge in [-0.2, -0.15) is 0 Å². The molecule has 0 fully saturated rings. The Labute approximate surface area is 130 Å². The summed E-state index contributed by atoms with van der Waals surface area (Å²) in [6, 6.07) is 19.2. The molecule has 2 N–H and O–H groups in total. The molecule has 2 heterocycles. The molecular formula is C19H19N3. The first-order chi connectivity index (χ1) is 10.8. The highest BCUT2D eigenvalue weighted by Crippen LogP contribution is 2.27. The number of imidazole rings is 1. The van der Waals surface area contributed by atoms with Crippen LogP contribution in [-0.2, 0) is 13.0 Å². The molecule has 0 aliphatic carbocycles. The van der Waals surface area contributed by atoms with E-state index < -0.39 is 0 Å². The van der Waals surface area contributed by atoms with Gasteiger partial charge in [-0.15, -0.1) is 0 Å². The first-order valence-electron chi connectivity index (χ1n) is 7.73. The number of aryl methyl sites for hydroxylation is 1. The first-order valence-corrected chi connectivity index (χ1v) is 7.73. The van der Waals surface area contributed by atoms with E-state index in [0.29, 0.717) is 0 Å². The number of H-pyrrole nitrogens is 1. The summed E-state index contributed by atoms with van der Waals surface area (Å²) in [5.74, 6) is 1.03. The fourth-order valence-electron chi connectivity index (χ4n) is 3.17. The van der Waals surface area contributed by atoms with Gasteiger partial charge in [-0.1, -0.05) is 54.6 Å². The van der Waals surface area contributed by atoms with Crippen molar-refractivity contribution in [1.82, 2.24) is 15.3 Å². The molecule has 4 rings (SSSR count). The van der Waals surface area contributed by atoms with Crippen molar-refractivity contribution < 1.29 is 0 Å². The van der Waals surface area contributed by atoms with Crippen LogP contribution in [0.1, 0.15) is 28.7 Å². The smallest absolute Gasteiger partial charge is 0.124 e. The minimum atomic E-state index is 0.256. The van der Waals surface area contributed by atoms with Crippen molar-refractivity contribution in [2.45, 2.75) is 25.9 Å². The molecule has 1 aromatic heterocycles. The standard InChI is InChI=1S/C19H19N3/c1-13-18(14-7-3-2-4-8-14)22-19(21-13)17-11-15-9-5-6-10-16(15)12-20-17/h2-10,17,20H,11-12H2,1H3,(H,21,22). The molecule has 3 heteroatoms. The zero-order valence-corrected chi connectivity index (χ0v) is 12.6. The maximum absolute atomic E-state index is 4.86. The molecule has 2 aromatic carbocycles. The zero-order chi connectivity index (χ0) is 14.9. The molecular weight excluding hydrogens is 270 g/mol. The number of hydrogen-bond donors (Lipinski definition) is 2. The fourth-order valence-corrected chi connectivity index (χ4v) is 3.17. The van der Waals surface area contributed by atoms with E-state index in [1.54, 1.807) is 0 Å². The topological polar surface area (TPSA) is 40.7 Å². The Morgan fingerprint density at radius 1 is 0.955 bits per heavy atom. The minimum absolute atomic E-state index is 0.256. The van der Waals surface area contributed by atoms with Gasteiger partial charge in [-0.05, 0) is 24.5 Å². The number of fused-ring (bicyclic) bond motifs is 1. The molecule has 0 saturated carbocycles. The zero-order valence-electron chi connectivity index (χ0n) is 12.6. The van der Waals surface area contributed by atoms with Gasteiger partial charge in [0.1, 0.15) is 5.82 Å². The Hall–Kier alpha value is -2.39. The predicted molar refractivity (Wildman–Crippen MR) is 88.5 cm³/mol. The van der Waals surface area contributed by atoms with Crippen LogP contribution in [0, 0.1) is 6.92 Å². The SMILES string of the molecule is Cc1[nH]c(C2Cc3ccccc3CN2)nc1-c1ccccc1. The number of aromatic amines is 1. The van der Waals surface area contributed by atoms with E-state index in [2.05, 4.69) is 65.8 Å². The van der Waals surface area contributed by atoms with Crippen LogP contribution < -0.4 is 5.32 Å². The van der Waals surface area contributed by atoms with E-state index >= 15 is 0 Å². The lowest BCUT2D eigenvalue weighted by molar-refractivity contribution is 0.479. The van der Waals surface area contributed by atoms with Crippen molar-refractivity contribution in [3.63, 3.8) is 0 Å². The minimum Gasteiger partial charge on any atom is -0.344 e. The van der Waals surface area contributed by atoms with Gasteiger partial charge in [0.25, 0.3) is 0 Å². The van der Waals surface area contributed by atoms with Crippen molar-refractivity contribution >= 4 is 0 Å². The molecule has 0 radical (unpaired) electrons. The Bertz CT molecular complexity index is 789. The van der Waals surface area contributed by atoms with Crippen LogP contribution >= 0.6 is 0 Å². The second-order valence-electron chi connectivity index (χ2n) is 5.87. The Morgan fingerprint density at radius 3 is 2.50 bits per heavy atom. The third-order valence-electron chi connectivity index (χ3n) is 4.36. The van der Waals surface area contributed by atoms with Crippen molar-refractivity contribution in [2.75, 3.05) is 0 Å². The summed E-state index contributed by atoms with van der Waals surface area (Å²) in [5.41, 5.74) is 6.16. The van der Waals surface area contributed by atoms with Crippen LogP contribution in [0.25, 0.3) is 11.3 Å². The number of hydrogen-bond acceptors (Lipinski definition) is 2. The number of nitrogens with zero attached hydrogens (tertiary/aromatic N) is 1. The van der Waals surface area contributed by atoms with Crippen LogP contribution in [-0.4, -0.2) is 9.97 Å². The van der Waals surface area contributed by atoms with E-state index in [1.165, 1.54) is 16.7 Å². The van der Waals surface area contributed by atoms with Crippen LogP contribution in [0.4, 0.5) is 0 Å². The molecule has 1 atom stereocenters. The van der Waals surface area contributed by atoms with Crippen LogP contribution in [0.3, 0.4) is 0 Å². The number of aromatic nitrogens is 2. The molecule has 22 heavy (non-hydrogen) atoms. The maximum Gasteiger partial charge on any atom is 0.124 e. The molecule has 110 valence electrons. The summed E-state index contributed by atoms with van der Waals surface area (Å²) >= 11 is 0. The normalized spacial score (nSPS) is 17.2. The van der Waals surface area contributed by atoms with Crippen molar-refractivity contribution in [2.24, 2.45) is 0 Å². The monoisotopic (exact) mass is 289 g/mol. The Morgan fingerprint density at radius 2 is 1.68 bits per heavy atom. The maximum atomic E-state index is 4.86. The highest BCUT2D eigenvalue weighted by molar-refractivity contribution is 5.61. The van der Waals surface area contributed by atoms with Gasteiger partial charge in [-0.3, -0.25) is 0 Å². The number of rotatable bonds is 2. The van der Waals surface area contributed by atoms with Crippen LogP contribution in [0.15, 0.2) is 54.6 Å². The second-order valence-corrected chi connectivity index (χ2v) is 5.87. The van der Waals surface area contributed by atoms with Gasteiger partial charge in [0.2, 0.25) is 0 Å². The molecule has 0 saturated heterocycles. The van der Waals surface area contributed by atoms with Crippen molar-refractivity contribution in [1.29, 1.82) is 0 Å². The van der Waals surface area contributed by atoms with Gasteiger partial charge in [0, 0.05) is 17.8 Å². The predicted octanol–water partition coefficient (Wildman–Crippen LogP) is 3.77. The Kier molecular flexibility index (Phi) is 3.28. The van der Waals surface area contributed by atoms with E-state index in [1.807, 2.05) is 6.07 Å². The molecule has 3 nitrogen and oxygen atoms in total. The van der Waals surface area contributed by atoms with Gasteiger partial charge >= 0.3 is 0 Å². The summed E-state index contributed by atoms with van der Waals surface area (Å²) in [5, 5.41) is 3.59. The molecule has 3 aromatic rings. The molecule has 0 bridgehead atoms. The summed E-state index contributed by atoms with van der Waals surface area (Å²) < 4.78 is 0. The lowest BCUT2D eigenvalue weighted by Crippen LogP contribution is -2.29. The fraction of sp³-hybridized carbons (Fsp3) is 0.211. The van der Waals surface area contributed by atoms with Gasteiger partial charge in [0.05, 0.1) is 11.7 Å². The van der Waals surface area contributed by atoms with Crippen LogP contribution in [0.5, 0.6) is 0 Å². The molecule has 0 amide bonds. The third kappa shape index (κ3) is 2.34. The highest BCUT2D eigenvalue weighted by atomic mass is 15.0. The summed E-state index contributed by atoms with van der Waals surface area (Å²) in [4.78, 5) is 8.33. The quantitative estimate of drug-likeness (QED) is 0.754. The van der Waals surface area contributed by atoms with E-state index in [0.717, 1.165) is 30.2 Å². The molecule has 1 aliphatic rings. The first kappa shape index (κ1) is 13.3. The van der Waals surface area contributed by atoms with E-state index in [9.17, 15) is 0 Å². The molecule has 1 unspecified atom stereocenters. The van der Waals surface area contributed by atoms with E-state index in [-0.39, 0.29) is 6.04 Å². The average Bonchev–Trinajstić information content (AvgIpc) is 2.97. The molecule has 0 spiro atoms. The van der Waals surface area contributed by atoms with Gasteiger partial charge in [0.15, 0.2) is 0 Å². The van der Waals surface area contributed by atoms with Gasteiger partial charge in [-0.25, -0.2) is 4.98 Å². The van der Waals surface area contributed by atoms with E-state index in [4.69, 9.17) is 4.98 Å². The van der Waals surface area contributed by atoms with Crippen molar-refractivity contribution in [3.05, 3.63) is 77.2 Å². The largest absolute Gasteiger partial charge is 0.344 e. The summed E-state index contributed by atoms with van der Waals surface area (Å²) in [6.07, 6.45) is 0.983. The second kappa shape index (κ2) is 5.43. The van der Waals surface area contributed by atoms with Gasteiger partial charge < -0.3 is 10.3 Å². The summed E-state index contributed by atoms with van der Waals surface area (Å²) in [7, 11) is 0. The number of benzene rings is 2. The lowest BCUT2D eigenvalue weighted by Gasteiger charge is -2.24. The molecule has 1 aliphatic heterocycles. The number of nitrogens with one attached hydrogen (secondary N) is 2. The third-order valence-corrected chi connectivity index (χ3v) is 4.36. The lowest BCUT2D eigenvalue weighted by atomic mass is 9.95.